The normalized spacial score (nSPS) is 22.9. The zero-order valence-electron chi connectivity index (χ0n) is 10.7. The van der Waals surface area contributed by atoms with Gasteiger partial charge in [-0.3, -0.25) is 9.59 Å². The predicted molar refractivity (Wildman–Crippen MR) is 71.5 cm³/mol. The van der Waals surface area contributed by atoms with Crippen LogP contribution in [0, 0.1) is 11.7 Å². The summed E-state index contributed by atoms with van der Waals surface area (Å²) in [6.07, 6.45) is 1.86. The molecule has 2 amide bonds. The second-order valence-electron chi connectivity index (χ2n) is 5.23. The van der Waals surface area contributed by atoms with Gasteiger partial charge in [0.25, 0.3) is 0 Å². The maximum atomic E-state index is 14.0. The third-order valence-corrected chi connectivity index (χ3v) is 4.07. The van der Waals surface area contributed by atoms with Gasteiger partial charge in [0.1, 0.15) is 11.9 Å². The summed E-state index contributed by atoms with van der Waals surface area (Å²) in [5.41, 5.74) is 0.339. The molecular formula is C14H14ClFN2O2. The van der Waals surface area contributed by atoms with E-state index in [-0.39, 0.29) is 35.8 Å². The lowest BCUT2D eigenvalue weighted by Gasteiger charge is -2.35. The van der Waals surface area contributed by atoms with Gasteiger partial charge in [0.2, 0.25) is 11.8 Å². The maximum absolute atomic E-state index is 14.0. The summed E-state index contributed by atoms with van der Waals surface area (Å²) in [6.45, 7) is 0.0596. The molecule has 20 heavy (non-hydrogen) atoms. The number of carbonyl (C=O) groups excluding carboxylic acids is 2. The number of rotatable bonds is 3. The van der Waals surface area contributed by atoms with E-state index in [1.165, 1.54) is 11.0 Å². The van der Waals surface area contributed by atoms with Crippen LogP contribution in [0.4, 0.5) is 4.39 Å². The molecule has 1 heterocycles. The average Bonchev–Trinajstić information content (AvgIpc) is 3.23. The number of hydrogen-bond acceptors (Lipinski definition) is 2. The summed E-state index contributed by atoms with van der Waals surface area (Å²) in [7, 11) is 0. The van der Waals surface area contributed by atoms with Crippen molar-refractivity contribution in [3.63, 3.8) is 0 Å². The number of hydrogen-bond donors (Lipinski definition) is 1. The molecule has 6 heteroatoms. The Bertz CT molecular complexity index is 574. The van der Waals surface area contributed by atoms with Crippen LogP contribution in [0.3, 0.4) is 0 Å². The van der Waals surface area contributed by atoms with Crippen molar-refractivity contribution in [3.8, 4) is 0 Å². The van der Waals surface area contributed by atoms with E-state index in [0.717, 1.165) is 12.8 Å². The predicted octanol–water partition coefficient (Wildman–Crippen LogP) is 1.72. The Kier molecular flexibility index (Phi) is 3.38. The topological polar surface area (TPSA) is 49.4 Å². The van der Waals surface area contributed by atoms with E-state index in [1.54, 1.807) is 12.1 Å². The van der Waals surface area contributed by atoms with Crippen LogP contribution < -0.4 is 5.32 Å². The van der Waals surface area contributed by atoms with Crippen molar-refractivity contribution in [3.05, 3.63) is 34.6 Å². The van der Waals surface area contributed by atoms with Crippen LogP contribution in [0.25, 0.3) is 0 Å². The number of nitrogens with one attached hydrogen (secondary N) is 1. The standard InChI is InChI=1S/C14H14ClFN2O2/c15-10-3-1-2-9(12(10)16)7-18-11(19)6-17-14(20)13(18)8-4-5-8/h1-3,8,13H,4-7H2,(H,17,20). The molecule has 1 aromatic rings. The third-order valence-electron chi connectivity index (χ3n) is 3.78. The largest absolute Gasteiger partial charge is 0.345 e. The lowest BCUT2D eigenvalue weighted by molar-refractivity contribution is -0.147. The number of piperazine rings is 1. The Labute approximate surface area is 120 Å². The van der Waals surface area contributed by atoms with E-state index < -0.39 is 11.9 Å². The van der Waals surface area contributed by atoms with Crippen molar-refractivity contribution >= 4 is 23.4 Å². The molecule has 2 aliphatic rings. The molecule has 1 aliphatic heterocycles. The van der Waals surface area contributed by atoms with E-state index in [1.807, 2.05) is 0 Å². The number of benzene rings is 1. The average molecular weight is 297 g/mol. The minimum Gasteiger partial charge on any atom is -0.345 e. The first-order valence-corrected chi connectivity index (χ1v) is 6.96. The molecule has 1 N–H and O–H groups in total. The molecule has 0 radical (unpaired) electrons. The van der Waals surface area contributed by atoms with Crippen LogP contribution in [0.1, 0.15) is 18.4 Å². The summed E-state index contributed by atoms with van der Waals surface area (Å²) in [5, 5.41) is 2.62. The Balaban J connectivity index is 1.88. The molecule has 1 saturated heterocycles. The molecule has 1 unspecified atom stereocenters. The van der Waals surface area contributed by atoms with Gasteiger partial charge in [-0.1, -0.05) is 23.7 Å². The van der Waals surface area contributed by atoms with Crippen LogP contribution in [0.5, 0.6) is 0 Å². The van der Waals surface area contributed by atoms with Gasteiger partial charge in [-0.25, -0.2) is 4.39 Å². The molecule has 0 aromatic heterocycles. The van der Waals surface area contributed by atoms with Crippen molar-refractivity contribution in [2.45, 2.75) is 25.4 Å². The minimum atomic E-state index is -0.525. The fourth-order valence-corrected chi connectivity index (χ4v) is 2.78. The van der Waals surface area contributed by atoms with Gasteiger partial charge >= 0.3 is 0 Å². The smallest absolute Gasteiger partial charge is 0.243 e. The quantitative estimate of drug-likeness (QED) is 0.923. The third kappa shape index (κ3) is 2.38. The number of amides is 2. The van der Waals surface area contributed by atoms with E-state index in [9.17, 15) is 14.0 Å². The van der Waals surface area contributed by atoms with Crippen molar-refractivity contribution in [1.82, 2.24) is 10.2 Å². The Morgan fingerprint density at radius 2 is 2.10 bits per heavy atom. The summed E-state index contributed by atoms with van der Waals surface area (Å²) in [6, 6.07) is 4.21. The van der Waals surface area contributed by atoms with Gasteiger partial charge in [-0.2, -0.15) is 0 Å². The van der Waals surface area contributed by atoms with Crippen LogP contribution in [0.2, 0.25) is 5.02 Å². The van der Waals surface area contributed by atoms with Crippen molar-refractivity contribution in [2.24, 2.45) is 5.92 Å². The van der Waals surface area contributed by atoms with E-state index >= 15 is 0 Å². The summed E-state index contributed by atoms with van der Waals surface area (Å²) < 4.78 is 14.0. The molecule has 0 bridgehead atoms. The van der Waals surface area contributed by atoms with Crippen LogP contribution >= 0.6 is 11.6 Å². The highest BCUT2D eigenvalue weighted by atomic mass is 35.5. The minimum absolute atomic E-state index is 0.0236. The zero-order chi connectivity index (χ0) is 14.3. The van der Waals surface area contributed by atoms with Gasteiger partial charge < -0.3 is 10.2 Å². The molecule has 2 fully saturated rings. The van der Waals surface area contributed by atoms with Crippen molar-refractivity contribution in [2.75, 3.05) is 6.54 Å². The molecular weight excluding hydrogens is 283 g/mol. The summed E-state index contributed by atoms with van der Waals surface area (Å²) in [4.78, 5) is 25.5. The lowest BCUT2D eigenvalue weighted by atomic mass is 10.1. The highest BCUT2D eigenvalue weighted by molar-refractivity contribution is 6.30. The van der Waals surface area contributed by atoms with Crippen LogP contribution in [-0.2, 0) is 16.1 Å². The fraction of sp³-hybridized carbons (Fsp3) is 0.429. The van der Waals surface area contributed by atoms with Gasteiger partial charge in [-0.05, 0) is 24.8 Å². The van der Waals surface area contributed by atoms with Crippen LogP contribution in [-0.4, -0.2) is 29.3 Å². The van der Waals surface area contributed by atoms with E-state index in [0.29, 0.717) is 5.56 Å². The fourth-order valence-electron chi connectivity index (χ4n) is 2.59. The summed E-state index contributed by atoms with van der Waals surface area (Å²) >= 11 is 5.75. The first-order valence-electron chi connectivity index (χ1n) is 6.58. The first-order chi connectivity index (χ1) is 9.58. The molecule has 1 aliphatic carbocycles. The van der Waals surface area contributed by atoms with Crippen LogP contribution in [0.15, 0.2) is 18.2 Å². The highest BCUT2D eigenvalue weighted by Crippen LogP contribution is 2.37. The van der Waals surface area contributed by atoms with Gasteiger partial charge in [0, 0.05) is 12.1 Å². The highest BCUT2D eigenvalue weighted by Gasteiger charge is 2.44. The van der Waals surface area contributed by atoms with E-state index in [2.05, 4.69) is 5.32 Å². The molecule has 106 valence electrons. The molecule has 1 saturated carbocycles. The first kappa shape index (κ1) is 13.4. The van der Waals surface area contributed by atoms with E-state index in [4.69, 9.17) is 11.6 Å². The van der Waals surface area contributed by atoms with Crippen molar-refractivity contribution in [1.29, 1.82) is 0 Å². The monoisotopic (exact) mass is 296 g/mol. The number of nitrogens with zero attached hydrogens (tertiary/aromatic N) is 1. The summed E-state index contributed by atoms with van der Waals surface area (Å²) in [5.74, 6) is -0.653. The number of halogens is 2. The molecule has 1 atom stereocenters. The van der Waals surface area contributed by atoms with Gasteiger partial charge in [0.05, 0.1) is 11.6 Å². The van der Waals surface area contributed by atoms with Gasteiger partial charge in [-0.15, -0.1) is 0 Å². The second kappa shape index (κ2) is 5.05. The maximum Gasteiger partial charge on any atom is 0.243 e. The molecule has 0 spiro atoms. The molecule has 3 rings (SSSR count). The van der Waals surface area contributed by atoms with Crippen molar-refractivity contribution < 1.29 is 14.0 Å². The lowest BCUT2D eigenvalue weighted by Crippen LogP contribution is -2.58. The zero-order valence-corrected chi connectivity index (χ0v) is 11.5. The number of carbonyl (C=O) groups is 2. The Hall–Kier alpha value is -1.62. The molecule has 4 nitrogen and oxygen atoms in total. The van der Waals surface area contributed by atoms with Gasteiger partial charge in [0.15, 0.2) is 0 Å². The SMILES string of the molecule is O=C1NCC(=O)N(Cc2cccc(Cl)c2F)C1C1CC1. The second-order valence-corrected chi connectivity index (χ2v) is 5.64. The Morgan fingerprint density at radius 3 is 2.80 bits per heavy atom. The molecule has 1 aromatic carbocycles. The Morgan fingerprint density at radius 1 is 1.35 bits per heavy atom.